The summed E-state index contributed by atoms with van der Waals surface area (Å²) in [5, 5.41) is 2.88. The van der Waals surface area contributed by atoms with Crippen LogP contribution in [0.25, 0.3) is 0 Å². The first-order valence-corrected chi connectivity index (χ1v) is 7.74. The molecule has 1 unspecified atom stereocenters. The van der Waals surface area contributed by atoms with E-state index in [9.17, 15) is 9.59 Å². The fourth-order valence-corrected chi connectivity index (χ4v) is 3.39. The molecule has 0 bridgehead atoms. The average Bonchev–Trinajstić information content (AvgIpc) is 3.22. The highest BCUT2D eigenvalue weighted by molar-refractivity contribution is 5.95. The van der Waals surface area contributed by atoms with Crippen molar-refractivity contribution in [2.45, 2.75) is 38.6 Å². The summed E-state index contributed by atoms with van der Waals surface area (Å²) >= 11 is 0. The van der Waals surface area contributed by atoms with Crippen molar-refractivity contribution in [3.8, 4) is 0 Å². The van der Waals surface area contributed by atoms with Gasteiger partial charge in [-0.2, -0.15) is 0 Å². The van der Waals surface area contributed by atoms with Crippen molar-refractivity contribution in [3.63, 3.8) is 0 Å². The third kappa shape index (κ3) is 2.82. The Balaban J connectivity index is 1.66. The molecule has 2 saturated heterocycles. The zero-order chi connectivity index (χ0) is 14.3. The number of piperidine rings is 1. The van der Waals surface area contributed by atoms with Gasteiger partial charge in [-0.1, -0.05) is 6.92 Å². The van der Waals surface area contributed by atoms with E-state index in [-0.39, 0.29) is 29.8 Å². The van der Waals surface area contributed by atoms with Gasteiger partial charge in [0.05, 0.1) is 6.54 Å². The molecule has 1 N–H and O–H groups in total. The maximum absolute atomic E-state index is 12.5. The highest BCUT2D eigenvalue weighted by Gasteiger charge is 2.44. The fourth-order valence-electron chi connectivity index (χ4n) is 3.39. The molecule has 0 radical (unpaired) electrons. The van der Waals surface area contributed by atoms with Gasteiger partial charge in [-0.25, -0.2) is 0 Å². The summed E-state index contributed by atoms with van der Waals surface area (Å²) in [6.45, 7) is 5.39. The first-order chi connectivity index (χ1) is 9.47. The predicted molar refractivity (Wildman–Crippen MR) is 76.1 cm³/mol. The maximum atomic E-state index is 12.5. The van der Waals surface area contributed by atoms with Gasteiger partial charge in [0.1, 0.15) is 6.04 Å². The molecule has 2 amide bonds. The third-order valence-electron chi connectivity index (χ3n) is 5.09. The van der Waals surface area contributed by atoms with Gasteiger partial charge in [0, 0.05) is 6.54 Å². The quantitative estimate of drug-likeness (QED) is 0.816. The van der Waals surface area contributed by atoms with Gasteiger partial charge < -0.3 is 15.1 Å². The number of carbonyl (C=O) groups is 2. The van der Waals surface area contributed by atoms with E-state index in [0.29, 0.717) is 5.92 Å². The Morgan fingerprint density at radius 2 is 1.90 bits per heavy atom. The molecule has 5 nitrogen and oxygen atoms in total. The molecule has 112 valence electrons. The van der Waals surface area contributed by atoms with Crippen LogP contribution in [0, 0.1) is 11.3 Å². The van der Waals surface area contributed by atoms with Gasteiger partial charge >= 0.3 is 0 Å². The summed E-state index contributed by atoms with van der Waals surface area (Å²) in [7, 11) is 2.14. The topological polar surface area (TPSA) is 52.6 Å². The summed E-state index contributed by atoms with van der Waals surface area (Å²) in [4.78, 5) is 28.5. The molecule has 2 heterocycles. The smallest absolute Gasteiger partial charge is 0.245 e. The molecule has 1 saturated carbocycles. The summed E-state index contributed by atoms with van der Waals surface area (Å²) < 4.78 is 0. The Labute approximate surface area is 120 Å². The monoisotopic (exact) mass is 279 g/mol. The Kier molecular flexibility index (Phi) is 3.48. The number of carbonyl (C=O) groups excluding carboxylic acids is 2. The highest BCUT2D eigenvalue weighted by atomic mass is 16.2. The van der Waals surface area contributed by atoms with Crippen molar-refractivity contribution in [1.82, 2.24) is 15.1 Å². The van der Waals surface area contributed by atoms with E-state index in [4.69, 9.17) is 0 Å². The lowest BCUT2D eigenvalue weighted by Gasteiger charge is -2.43. The highest BCUT2D eigenvalue weighted by Crippen LogP contribution is 2.36. The molecule has 5 heteroatoms. The van der Waals surface area contributed by atoms with Crippen LogP contribution in [-0.4, -0.2) is 60.9 Å². The second-order valence-corrected chi connectivity index (χ2v) is 7.19. The Morgan fingerprint density at radius 1 is 1.25 bits per heavy atom. The number of rotatable bonds is 3. The number of hydrogen-bond acceptors (Lipinski definition) is 3. The standard InChI is InChI=1S/C15H25N3O2/c1-15(5-7-17(2)8-6-15)10-18-9-12(19)16-13(14(18)20)11-3-4-11/h11,13H,3-10H2,1-2H3,(H,16,19). The van der Waals surface area contributed by atoms with Crippen LogP contribution in [0.15, 0.2) is 0 Å². The molecule has 1 atom stereocenters. The molecule has 1 aliphatic carbocycles. The summed E-state index contributed by atoms with van der Waals surface area (Å²) in [6.07, 6.45) is 4.35. The molecule has 0 spiro atoms. The molecule has 20 heavy (non-hydrogen) atoms. The van der Waals surface area contributed by atoms with Gasteiger partial charge in [0.15, 0.2) is 0 Å². The van der Waals surface area contributed by atoms with E-state index in [0.717, 1.165) is 45.3 Å². The minimum atomic E-state index is -0.244. The minimum absolute atomic E-state index is 0.0121. The predicted octanol–water partition coefficient (Wildman–Crippen LogP) is 0.455. The largest absolute Gasteiger partial charge is 0.342 e. The molecule has 0 aromatic heterocycles. The molecule has 0 aromatic carbocycles. The fraction of sp³-hybridized carbons (Fsp3) is 0.867. The van der Waals surface area contributed by atoms with Crippen molar-refractivity contribution in [3.05, 3.63) is 0 Å². The molecule has 2 aliphatic heterocycles. The Morgan fingerprint density at radius 3 is 2.50 bits per heavy atom. The number of piperazine rings is 1. The molecule has 3 fully saturated rings. The van der Waals surface area contributed by atoms with E-state index in [2.05, 4.69) is 24.2 Å². The average molecular weight is 279 g/mol. The van der Waals surface area contributed by atoms with Gasteiger partial charge in [0.2, 0.25) is 11.8 Å². The minimum Gasteiger partial charge on any atom is -0.342 e. The van der Waals surface area contributed by atoms with E-state index in [1.807, 2.05) is 4.90 Å². The Bertz CT molecular complexity index is 411. The SMILES string of the molecule is CN1CCC(C)(CN2CC(=O)NC(C3CC3)C2=O)CC1. The van der Waals surface area contributed by atoms with E-state index < -0.39 is 0 Å². The summed E-state index contributed by atoms with van der Waals surface area (Å²) in [5.74, 6) is 0.546. The van der Waals surface area contributed by atoms with Crippen LogP contribution in [0.4, 0.5) is 0 Å². The zero-order valence-corrected chi connectivity index (χ0v) is 12.5. The number of likely N-dealkylation sites (tertiary alicyclic amines) is 1. The van der Waals surface area contributed by atoms with Gasteiger partial charge in [-0.3, -0.25) is 9.59 Å². The zero-order valence-electron chi connectivity index (χ0n) is 12.5. The van der Waals surface area contributed by atoms with Crippen LogP contribution in [-0.2, 0) is 9.59 Å². The molecule has 3 rings (SSSR count). The summed E-state index contributed by atoms with van der Waals surface area (Å²) in [5.41, 5.74) is 0.161. The van der Waals surface area contributed by atoms with Crippen LogP contribution in [0.5, 0.6) is 0 Å². The van der Waals surface area contributed by atoms with Gasteiger partial charge in [-0.15, -0.1) is 0 Å². The van der Waals surface area contributed by atoms with Crippen molar-refractivity contribution >= 4 is 11.8 Å². The number of nitrogens with zero attached hydrogens (tertiary/aromatic N) is 2. The summed E-state index contributed by atoms with van der Waals surface area (Å²) in [6, 6.07) is -0.244. The number of nitrogens with one attached hydrogen (secondary N) is 1. The number of amides is 2. The third-order valence-corrected chi connectivity index (χ3v) is 5.09. The van der Waals surface area contributed by atoms with Crippen LogP contribution >= 0.6 is 0 Å². The first-order valence-electron chi connectivity index (χ1n) is 7.74. The van der Waals surface area contributed by atoms with Crippen LogP contribution in [0.3, 0.4) is 0 Å². The van der Waals surface area contributed by atoms with E-state index >= 15 is 0 Å². The lowest BCUT2D eigenvalue weighted by atomic mass is 9.79. The maximum Gasteiger partial charge on any atom is 0.245 e. The lowest BCUT2D eigenvalue weighted by molar-refractivity contribution is -0.146. The van der Waals surface area contributed by atoms with E-state index in [1.54, 1.807) is 0 Å². The molecular weight excluding hydrogens is 254 g/mol. The van der Waals surface area contributed by atoms with E-state index in [1.165, 1.54) is 0 Å². The second kappa shape index (κ2) is 5.02. The molecular formula is C15H25N3O2. The lowest BCUT2D eigenvalue weighted by Crippen LogP contribution is -2.60. The van der Waals surface area contributed by atoms with Crippen LogP contribution < -0.4 is 5.32 Å². The van der Waals surface area contributed by atoms with Crippen LogP contribution in [0.1, 0.15) is 32.6 Å². The first kappa shape index (κ1) is 13.9. The van der Waals surface area contributed by atoms with Gasteiger partial charge in [0.25, 0.3) is 0 Å². The molecule has 0 aromatic rings. The van der Waals surface area contributed by atoms with Crippen molar-refractivity contribution in [2.75, 3.05) is 33.2 Å². The van der Waals surface area contributed by atoms with Crippen molar-refractivity contribution in [1.29, 1.82) is 0 Å². The van der Waals surface area contributed by atoms with Crippen LogP contribution in [0.2, 0.25) is 0 Å². The normalized spacial score (nSPS) is 31.3. The Hall–Kier alpha value is -1.10. The van der Waals surface area contributed by atoms with Crippen molar-refractivity contribution < 1.29 is 9.59 Å². The van der Waals surface area contributed by atoms with Crippen molar-refractivity contribution in [2.24, 2.45) is 11.3 Å². The van der Waals surface area contributed by atoms with Gasteiger partial charge in [-0.05, 0) is 57.2 Å². The number of hydrogen-bond donors (Lipinski definition) is 1. The second-order valence-electron chi connectivity index (χ2n) is 7.19. The molecule has 3 aliphatic rings.